The third-order valence-corrected chi connectivity index (χ3v) is 5.73. The fourth-order valence-corrected chi connectivity index (χ4v) is 3.90. The summed E-state index contributed by atoms with van der Waals surface area (Å²) in [6, 6.07) is 13.7. The van der Waals surface area contributed by atoms with Crippen molar-refractivity contribution in [1.82, 2.24) is 10.0 Å². The maximum absolute atomic E-state index is 12.2. The zero-order valence-corrected chi connectivity index (χ0v) is 15.4. The van der Waals surface area contributed by atoms with Crippen LogP contribution in [0.3, 0.4) is 0 Å². The molecule has 1 saturated carbocycles. The second-order valence-electron chi connectivity index (χ2n) is 6.24. The third kappa shape index (κ3) is 4.62. The van der Waals surface area contributed by atoms with E-state index >= 15 is 0 Å². The Morgan fingerprint density at radius 3 is 2.46 bits per heavy atom. The van der Waals surface area contributed by atoms with Gasteiger partial charge in [0, 0.05) is 18.2 Å². The largest absolute Gasteiger partial charge is 0.496 e. The summed E-state index contributed by atoms with van der Waals surface area (Å²) < 4.78 is 32.2. The smallest absolute Gasteiger partial charge is 0.251 e. The number of carbonyl (C=O) groups is 1. The van der Waals surface area contributed by atoms with E-state index in [0.717, 1.165) is 24.2 Å². The van der Waals surface area contributed by atoms with Gasteiger partial charge in [0.1, 0.15) is 5.75 Å². The highest BCUT2D eigenvalue weighted by Gasteiger charge is 2.27. The maximum atomic E-state index is 12.2. The molecule has 6 nitrogen and oxygen atoms in total. The lowest BCUT2D eigenvalue weighted by molar-refractivity contribution is 0.0954. The molecule has 1 aliphatic rings. The third-order valence-electron chi connectivity index (χ3n) is 4.20. The molecule has 138 valence electrons. The molecule has 1 aliphatic carbocycles. The van der Waals surface area contributed by atoms with Crippen molar-refractivity contribution in [3.8, 4) is 5.75 Å². The standard InChI is InChI=1S/C19H22N2O4S/c1-25-18-5-3-2-4-14(18)12-13-20-19(22)15-6-10-17(11-7-15)26(23,24)21-16-8-9-16/h2-7,10-11,16,21H,8-9,12-13H2,1H3,(H,20,22). The second-order valence-corrected chi connectivity index (χ2v) is 7.95. The Kier molecular flexibility index (Phi) is 5.58. The molecular weight excluding hydrogens is 352 g/mol. The number of sulfonamides is 1. The monoisotopic (exact) mass is 374 g/mol. The molecule has 0 atom stereocenters. The minimum absolute atomic E-state index is 0.0537. The second kappa shape index (κ2) is 7.88. The average Bonchev–Trinajstić information content (AvgIpc) is 3.45. The van der Waals surface area contributed by atoms with Crippen molar-refractivity contribution >= 4 is 15.9 Å². The number of benzene rings is 2. The van der Waals surface area contributed by atoms with Gasteiger partial charge in [0.15, 0.2) is 0 Å². The van der Waals surface area contributed by atoms with E-state index in [-0.39, 0.29) is 16.8 Å². The Morgan fingerprint density at radius 1 is 1.12 bits per heavy atom. The molecule has 0 saturated heterocycles. The molecule has 2 aromatic carbocycles. The molecule has 0 aliphatic heterocycles. The minimum Gasteiger partial charge on any atom is -0.496 e. The van der Waals surface area contributed by atoms with Crippen LogP contribution in [0, 0.1) is 0 Å². The first-order valence-electron chi connectivity index (χ1n) is 8.52. The first-order valence-corrected chi connectivity index (χ1v) is 10.0. The summed E-state index contributed by atoms with van der Waals surface area (Å²) in [6.45, 7) is 0.461. The maximum Gasteiger partial charge on any atom is 0.251 e. The summed E-state index contributed by atoms with van der Waals surface area (Å²) in [5.41, 5.74) is 1.44. The van der Waals surface area contributed by atoms with Crippen LogP contribution in [0.5, 0.6) is 5.75 Å². The van der Waals surface area contributed by atoms with Gasteiger partial charge in [0.05, 0.1) is 12.0 Å². The van der Waals surface area contributed by atoms with Crippen LogP contribution in [0.2, 0.25) is 0 Å². The Hall–Kier alpha value is -2.38. The van der Waals surface area contributed by atoms with Gasteiger partial charge in [-0.2, -0.15) is 0 Å². The van der Waals surface area contributed by atoms with Crippen molar-refractivity contribution in [3.05, 3.63) is 59.7 Å². The fourth-order valence-electron chi connectivity index (χ4n) is 2.60. The number of ether oxygens (including phenoxy) is 1. The summed E-state index contributed by atoms with van der Waals surface area (Å²) in [5, 5.41) is 2.84. The van der Waals surface area contributed by atoms with Gasteiger partial charge in [-0.3, -0.25) is 4.79 Å². The number of methoxy groups -OCH3 is 1. The van der Waals surface area contributed by atoms with Gasteiger partial charge in [-0.15, -0.1) is 0 Å². The average molecular weight is 374 g/mol. The predicted octanol–water partition coefficient (Wildman–Crippen LogP) is 2.11. The molecule has 3 rings (SSSR count). The fraction of sp³-hybridized carbons (Fsp3) is 0.316. The van der Waals surface area contributed by atoms with Gasteiger partial charge in [0.25, 0.3) is 5.91 Å². The molecule has 0 radical (unpaired) electrons. The Morgan fingerprint density at radius 2 is 1.81 bits per heavy atom. The minimum atomic E-state index is -3.50. The zero-order chi connectivity index (χ0) is 18.6. The zero-order valence-electron chi connectivity index (χ0n) is 14.6. The van der Waals surface area contributed by atoms with E-state index in [1.807, 2.05) is 24.3 Å². The van der Waals surface area contributed by atoms with Gasteiger partial charge in [-0.1, -0.05) is 18.2 Å². The predicted molar refractivity (Wildman–Crippen MR) is 98.8 cm³/mol. The van der Waals surface area contributed by atoms with Crippen LogP contribution in [0.4, 0.5) is 0 Å². The molecular formula is C19H22N2O4S. The number of hydrogen-bond donors (Lipinski definition) is 2. The van der Waals surface area contributed by atoms with Crippen molar-refractivity contribution in [1.29, 1.82) is 0 Å². The number of hydrogen-bond acceptors (Lipinski definition) is 4. The highest BCUT2D eigenvalue weighted by atomic mass is 32.2. The molecule has 1 amide bonds. The van der Waals surface area contributed by atoms with E-state index in [1.165, 1.54) is 24.3 Å². The molecule has 2 aromatic rings. The van der Waals surface area contributed by atoms with Gasteiger partial charge >= 0.3 is 0 Å². The van der Waals surface area contributed by atoms with Crippen LogP contribution in [0.1, 0.15) is 28.8 Å². The Bertz CT molecular complexity index is 875. The number of rotatable bonds is 8. The summed E-state index contributed by atoms with van der Waals surface area (Å²) in [4.78, 5) is 12.4. The number of amides is 1. The summed E-state index contributed by atoms with van der Waals surface area (Å²) in [7, 11) is -1.88. The van der Waals surface area contributed by atoms with Crippen molar-refractivity contribution < 1.29 is 17.9 Å². The quantitative estimate of drug-likeness (QED) is 0.741. The van der Waals surface area contributed by atoms with Crippen LogP contribution in [0.25, 0.3) is 0 Å². The van der Waals surface area contributed by atoms with E-state index in [4.69, 9.17) is 4.74 Å². The van der Waals surface area contributed by atoms with Crippen LogP contribution in [0.15, 0.2) is 53.4 Å². The van der Waals surface area contributed by atoms with Crippen molar-refractivity contribution in [2.75, 3.05) is 13.7 Å². The first kappa shape index (κ1) is 18.4. The molecule has 1 fully saturated rings. The first-order chi connectivity index (χ1) is 12.5. The number of nitrogens with one attached hydrogen (secondary N) is 2. The van der Waals surface area contributed by atoms with Gasteiger partial charge in [-0.05, 0) is 55.2 Å². The summed E-state index contributed by atoms with van der Waals surface area (Å²) in [5.74, 6) is 0.554. The van der Waals surface area contributed by atoms with E-state index in [9.17, 15) is 13.2 Å². The van der Waals surface area contributed by atoms with Crippen molar-refractivity contribution in [3.63, 3.8) is 0 Å². The molecule has 0 spiro atoms. The molecule has 0 heterocycles. The normalized spacial score (nSPS) is 14.0. The molecule has 26 heavy (non-hydrogen) atoms. The van der Waals surface area contributed by atoms with Crippen LogP contribution >= 0.6 is 0 Å². The van der Waals surface area contributed by atoms with Crippen LogP contribution in [-0.4, -0.2) is 34.0 Å². The van der Waals surface area contributed by atoms with E-state index in [2.05, 4.69) is 10.0 Å². The lowest BCUT2D eigenvalue weighted by Crippen LogP contribution is -2.27. The highest BCUT2D eigenvalue weighted by Crippen LogP contribution is 2.22. The Labute approximate surface area is 153 Å². The van der Waals surface area contributed by atoms with Crippen molar-refractivity contribution in [2.45, 2.75) is 30.2 Å². The molecule has 0 unspecified atom stereocenters. The lowest BCUT2D eigenvalue weighted by atomic mass is 10.1. The summed E-state index contributed by atoms with van der Waals surface area (Å²) >= 11 is 0. The van der Waals surface area contributed by atoms with Gasteiger partial charge in [0.2, 0.25) is 10.0 Å². The number of para-hydroxylation sites is 1. The molecule has 2 N–H and O–H groups in total. The van der Waals surface area contributed by atoms with Crippen LogP contribution in [-0.2, 0) is 16.4 Å². The highest BCUT2D eigenvalue weighted by molar-refractivity contribution is 7.89. The number of carbonyl (C=O) groups excluding carboxylic acids is 1. The Balaban J connectivity index is 1.56. The van der Waals surface area contributed by atoms with Crippen molar-refractivity contribution in [2.24, 2.45) is 0 Å². The lowest BCUT2D eigenvalue weighted by Gasteiger charge is -2.10. The van der Waals surface area contributed by atoms with E-state index < -0.39 is 10.0 Å². The van der Waals surface area contributed by atoms with Crippen LogP contribution < -0.4 is 14.8 Å². The molecule has 7 heteroatoms. The molecule has 0 bridgehead atoms. The van der Waals surface area contributed by atoms with Gasteiger partial charge < -0.3 is 10.1 Å². The SMILES string of the molecule is COc1ccccc1CCNC(=O)c1ccc(S(=O)(=O)NC2CC2)cc1. The topological polar surface area (TPSA) is 84.5 Å². The molecule has 0 aromatic heterocycles. The van der Waals surface area contributed by atoms with E-state index in [0.29, 0.717) is 18.5 Å². The van der Waals surface area contributed by atoms with Gasteiger partial charge in [-0.25, -0.2) is 13.1 Å². The summed E-state index contributed by atoms with van der Waals surface area (Å²) in [6.07, 6.45) is 2.41. The van der Waals surface area contributed by atoms with E-state index in [1.54, 1.807) is 7.11 Å².